The second kappa shape index (κ2) is 7.58. The molecule has 5 nitrogen and oxygen atoms in total. The Labute approximate surface area is 152 Å². The molecule has 1 aliphatic rings. The number of likely N-dealkylation sites (tertiary alicyclic amines) is 1. The third kappa shape index (κ3) is 4.61. The molecule has 0 saturated carbocycles. The van der Waals surface area contributed by atoms with Gasteiger partial charge >= 0.3 is 6.03 Å². The molecule has 0 atom stereocenters. The van der Waals surface area contributed by atoms with E-state index < -0.39 is 16.1 Å². The van der Waals surface area contributed by atoms with E-state index in [2.05, 4.69) is 22.2 Å². The average Bonchev–Trinajstić information content (AvgIpc) is 3.08. The number of rotatable bonds is 4. The van der Waals surface area contributed by atoms with Crippen molar-refractivity contribution in [2.24, 2.45) is 5.92 Å². The van der Waals surface area contributed by atoms with Gasteiger partial charge in [-0.05, 0) is 55.7 Å². The number of carbonyl (C=O) groups excluding carboxylic acids is 1. The first-order valence-corrected chi connectivity index (χ1v) is 10.7. The predicted molar refractivity (Wildman–Crippen MR) is 99.2 cm³/mol. The van der Waals surface area contributed by atoms with Crippen molar-refractivity contribution >= 4 is 27.4 Å². The van der Waals surface area contributed by atoms with E-state index >= 15 is 0 Å². The van der Waals surface area contributed by atoms with Crippen LogP contribution in [0.2, 0.25) is 0 Å². The summed E-state index contributed by atoms with van der Waals surface area (Å²) in [7, 11) is -3.82. The van der Waals surface area contributed by atoms with Gasteiger partial charge in [-0.25, -0.2) is 17.9 Å². The number of hydrogen-bond donors (Lipinski definition) is 1. The summed E-state index contributed by atoms with van der Waals surface area (Å²) in [5.74, 6) is 0.552. The number of thiophene rings is 1. The molecule has 1 N–H and O–H groups in total. The van der Waals surface area contributed by atoms with Crippen molar-refractivity contribution in [1.82, 2.24) is 9.62 Å². The smallest absolute Gasteiger partial charge is 0.324 e. The fraction of sp³-hybridized carbons (Fsp3) is 0.389. The van der Waals surface area contributed by atoms with Gasteiger partial charge in [0.2, 0.25) is 0 Å². The summed E-state index contributed by atoms with van der Waals surface area (Å²) in [4.78, 5) is 15.4. The second-order valence-corrected chi connectivity index (χ2v) is 9.15. The normalized spacial score (nSPS) is 16.0. The van der Waals surface area contributed by atoms with Crippen LogP contribution in [0.3, 0.4) is 0 Å². The molecule has 2 amide bonds. The van der Waals surface area contributed by atoms with E-state index in [4.69, 9.17) is 0 Å². The number of amides is 2. The van der Waals surface area contributed by atoms with Gasteiger partial charge in [0.1, 0.15) is 0 Å². The Morgan fingerprint density at radius 3 is 2.48 bits per heavy atom. The fourth-order valence-electron chi connectivity index (χ4n) is 3.01. The topological polar surface area (TPSA) is 66.5 Å². The van der Waals surface area contributed by atoms with Gasteiger partial charge in [-0.1, -0.05) is 23.8 Å². The molecule has 0 bridgehead atoms. The summed E-state index contributed by atoms with van der Waals surface area (Å²) < 4.78 is 26.8. The lowest BCUT2D eigenvalue weighted by atomic mass is 9.93. The van der Waals surface area contributed by atoms with Crippen molar-refractivity contribution in [3.05, 3.63) is 52.2 Å². The molecule has 25 heavy (non-hydrogen) atoms. The highest BCUT2D eigenvalue weighted by molar-refractivity contribution is 7.90. The third-order valence-electron chi connectivity index (χ3n) is 4.52. The first-order chi connectivity index (χ1) is 11.9. The second-order valence-electron chi connectivity index (χ2n) is 6.44. The number of urea groups is 1. The Morgan fingerprint density at radius 2 is 1.88 bits per heavy atom. The molecule has 0 spiro atoms. The Kier molecular flexibility index (Phi) is 5.44. The minimum absolute atomic E-state index is 0.110. The number of nitrogens with zero attached hydrogens (tertiary/aromatic N) is 1. The van der Waals surface area contributed by atoms with Crippen LogP contribution in [0.15, 0.2) is 46.7 Å². The largest absolute Gasteiger partial charge is 0.331 e. The van der Waals surface area contributed by atoms with Gasteiger partial charge in [-0.3, -0.25) is 0 Å². The zero-order valence-electron chi connectivity index (χ0n) is 14.1. The van der Waals surface area contributed by atoms with E-state index in [0.29, 0.717) is 19.0 Å². The first-order valence-electron chi connectivity index (χ1n) is 8.35. The maximum absolute atomic E-state index is 12.3. The van der Waals surface area contributed by atoms with Crippen molar-refractivity contribution in [3.63, 3.8) is 0 Å². The lowest BCUT2D eigenvalue weighted by molar-refractivity contribution is 0.175. The number of piperidine rings is 1. The number of hydrogen-bond acceptors (Lipinski definition) is 4. The van der Waals surface area contributed by atoms with Crippen molar-refractivity contribution in [2.45, 2.75) is 31.1 Å². The van der Waals surface area contributed by atoms with Gasteiger partial charge in [0.15, 0.2) is 0 Å². The summed E-state index contributed by atoms with van der Waals surface area (Å²) in [6.07, 6.45) is 2.83. The average molecular weight is 379 g/mol. The lowest BCUT2D eigenvalue weighted by Crippen LogP contribution is -2.46. The van der Waals surface area contributed by atoms with Crippen LogP contribution < -0.4 is 4.72 Å². The van der Waals surface area contributed by atoms with E-state index in [1.807, 2.05) is 6.92 Å². The molecular formula is C18H22N2O3S2. The molecule has 3 rings (SSSR count). The number of nitrogens with one attached hydrogen (secondary N) is 1. The van der Waals surface area contributed by atoms with E-state index in [1.165, 1.54) is 17.0 Å². The lowest BCUT2D eigenvalue weighted by Gasteiger charge is -2.31. The first kappa shape index (κ1) is 17.9. The van der Waals surface area contributed by atoms with Gasteiger partial charge in [0.05, 0.1) is 4.90 Å². The molecule has 0 aliphatic carbocycles. The number of carbonyl (C=O) groups is 1. The van der Waals surface area contributed by atoms with E-state index in [0.717, 1.165) is 24.8 Å². The van der Waals surface area contributed by atoms with Gasteiger partial charge in [-0.2, -0.15) is 0 Å². The third-order valence-corrected chi connectivity index (χ3v) is 6.76. The Balaban J connectivity index is 1.54. The maximum atomic E-state index is 12.3. The Hall–Kier alpha value is -1.86. The van der Waals surface area contributed by atoms with E-state index in [-0.39, 0.29) is 4.90 Å². The SMILES string of the molecule is Cc1ccc(S(=O)(=O)NC(=O)N2CCC(Cc3cccs3)CC2)cc1. The maximum Gasteiger partial charge on any atom is 0.331 e. The molecule has 1 aromatic carbocycles. The van der Waals surface area contributed by atoms with Crippen molar-refractivity contribution in [1.29, 1.82) is 0 Å². The predicted octanol–water partition coefficient (Wildman–Crippen LogP) is 3.41. The summed E-state index contributed by atoms with van der Waals surface area (Å²) >= 11 is 1.76. The highest BCUT2D eigenvalue weighted by atomic mass is 32.2. The van der Waals surface area contributed by atoms with E-state index in [9.17, 15) is 13.2 Å². The van der Waals surface area contributed by atoms with Crippen LogP contribution in [0.5, 0.6) is 0 Å². The summed E-state index contributed by atoms with van der Waals surface area (Å²) in [5.41, 5.74) is 0.970. The molecule has 1 saturated heterocycles. The standard InChI is InChI=1S/C18H22N2O3S2/c1-14-4-6-17(7-5-14)25(22,23)19-18(21)20-10-8-15(9-11-20)13-16-3-2-12-24-16/h2-7,12,15H,8-11,13H2,1H3,(H,19,21). The molecule has 1 aromatic heterocycles. The molecule has 1 aliphatic heterocycles. The minimum atomic E-state index is -3.82. The summed E-state index contributed by atoms with van der Waals surface area (Å²) in [6.45, 7) is 3.06. The van der Waals surface area contributed by atoms with Crippen LogP contribution in [-0.4, -0.2) is 32.4 Å². The highest BCUT2D eigenvalue weighted by Crippen LogP contribution is 2.24. The minimum Gasteiger partial charge on any atom is -0.324 e. The van der Waals surface area contributed by atoms with Crippen molar-refractivity contribution in [2.75, 3.05) is 13.1 Å². The quantitative estimate of drug-likeness (QED) is 0.887. The Morgan fingerprint density at radius 1 is 1.20 bits per heavy atom. The fourth-order valence-corrected chi connectivity index (χ4v) is 4.80. The highest BCUT2D eigenvalue weighted by Gasteiger charge is 2.26. The van der Waals surface area contributed by atoms with Crippen LogP contribution in [0.25, 0.3) is 0 Å². The number of aryl methyl sites for hydroxylation is 1. The van der Waals surface area contributed by atoms with Crippen LogP contribution >= 0.6 is 11.3 Å². The van der Waals surface area contributed by atoms with Crippen molar-refractivity contribution < 1.29 is 13.2 Å². The van der Waals surface area contributed by atoms with Gasteiger partial charge in [0, 0.05) is 18.0 Å². The Bertz CT molecular complexity index is 807. The summed E-state index contributed by atoms with van der Waals surface area (Å²) in [6, 6.07) is 10.1. The molecule has 2 heterocycles. The molecule has 1 fully saturated rings. The molecule has 7 heteroatoms. The van der Waals surface area contributed by atoms with Crippen LogP contribution in [0.1, 0.15) is 23.3 Å². The van der Waals surface area contributed by atoms with Crippen molar-refractivity contribution in [3.8, 4) is 0 Å². The summed E-state index contributed by atoms with van der Waals surface area (Å²) in [5, 5.41) is 2.08. The molecular weight excluding hydrogens is 356 g/mol. The van der Waals surface area contributed by atoms with Gasteiger partial charge < -0.3 is 4.90 Å². The molecule has 134 valence electrons. The van der Waals surface area contributed by atoms with Crippen LogP contribution in [-0.2, 0) is 16.4 Å². The molecule has 0 unspecified atom stereocenters. The van der Waals surface area contributed by atoms with E-state index in [1.54, 1.807) is 28.4 Å². The van der Waals surface area contributed by atoms with Gasteiger partial charge in [0.25, 0.3) is 10.0 Å². The van der Waals surface area contributed by atoms with Gasteiger partial charge in [-0.15, -0.1) is 11.3 Å². The number of benzene rings is 1. The zero-order chi connectivity index (χ0) is 17.9. The molecule has 2 aromatic rings. The number of sulfonamides is 1. The van der Waals surface area contributed by atoms with Crippen LogP contribution in [0, 0.1) is 12.8 Å². The monoisotopic (exact) mass is 378 g/mol. The zero-order valence-corrected chi connectivity index (χ0v) is 15.8. The van der Waals surface area contributed by atoms with Crippen LogP contribution in [0.4, 0.5) is 4.79 Å². The molecule has 0 radical (unpaired) electrons.